The molecule has 0 atom stereocenters. The third-order valence-electron chi connectivity index (χ3n) is 6.17. The Morgan fingerprint density at radius 3 is 2.18 bits per heavy atom. The van der Waals surface area contributed by atoms with Gasteiger partial charge in [0.1, 0.15) is 0 Å². The van der Waals surface area contributed by atoms with Gasteiger partial charge >= 0.3 is 0 Å². The van der Waals surface area contributed by atoms with Crippen molar-refractivity contribution in [1.82, 2.24) is 14.1 Å². The second-order valence-electron chi connectivity index (χ2n) is 8.01. The molecule has 2 fully saturated rings. The molecule has 0 N–H and O–H groups in total. The number of amides is 1. The summed E-state index contributed by atoms with van der Waals surface area (Å²) in [5, 5.41) is 0. The van der Waals surface area contributed by atoms with Gasteiger partial charge in [-0.1, -0.05) is 24.6 Å². The van der Waals surface area contributed by atoms with Crippen LogP contribution in [0, 0.1) is 12.8 Å². The van der Waals surface area contributed by atoms with E-state index >= 15 is 0 Å². The highest BCUT2D eigenvalue weighted by molar-refractivity contribution is 7.89. The lowest BCUT2D eigenvalue weighted by Gasteiger charge is -2.35. The molecule has 2 aliphatic heterocycles. The van der Waals surface area contributed by atoms with Gasteiger partial charge in [0.2, 0.25) is 15.9 Å². The van der Waals surface area contributed by atoms with Crippen LogP contribution in [0.1, 0.15) is 38.2 Å². The highest BCUT2D eigenvalue weighted by Crippen LogP contribution is 2.27. The Labute approximate surface area is 169 Å². The molecule has 0 spiro atoms. The first-order valence-electron chi connectivity index (χ1n) is 10.5. The molecule has 0 radical (unpaired) electrons. The molecule has 3 rings (SSSR count). The third-order valence-corrected chi connectivity index (χ3v) is 8.08. The molecular weight excluding hydrogens is 374 g/mol. The van der Waals surface area contributed by atoms with Crippen LogP contribution in [0.5, 0.6) is 0 Å². The summed E-state index contributed by atoms with van der Waals surface area (Å²) in [5.41, 5.74) is 1.05. The Morgan fingerprint density at radius 2 is 1.61 bits per heavy atom. The number of piperidine rings is 1. The Bertz CT molecular complexity index is 748. The van der Waals surface area contributed by atoms with Crippen LogP contribution in [0.3, 0.4) is 0 Å². The van der Waals surface area contributed by atoms with Gasteiger partial charge in [-0.15, -0.1) is 0 Å². The van der Waals surface area contributed by atoms with Gasteiger partial charge in [-0.3, -0.25) is 4.79 Å². The number of carbonyl (C=O) groups is 1. The van der Waals surface area contributed by atoms with E-state index in [2.05, 4.69) is 11.8 Å². The number of benzene rings is 1. The van der Waals surface area contributed by atoms with Crippen LogP contribution in [-0.2, 0) is 14.8 Å². The van der Waals surface area contributed by atoms with E-state index in [9.17, 15) is 13.2 Å². The van der Waals surface area contributed by atoms with Crippen molar-refractivity contribution in [3.05, 3.63) is 29.8 Å². The Morgan fingerprint density at radius 1 is 1.00 bits per heavy atom. The topological polar surface area (TPSA) is 60.9 Å². The lowest BCUT2D eigenvalue weighted by Crippen LogP contribution is -2.48. The number of sulfonamides is 1. The molecule has 0 unspecified atom stereocenters. The smallest absolute Gasteiger partial charge is 0.243 e. The summed E-state index contributed by atoms with van der Waals surface area (Å²) in [5.74, 6) is 0.691. The molecule has 1 aromatic rings. The van der Waals surface area contributed by atoms with Crippen LogP contribution in [-0.4, -0.2) is 74.2 Å². The van der Waals surface area contributed by atoms with E-state index in [-0.39, 0.29) is 5.91 Å². The van der Waals surface area contributed by atoms with Gasteiger partial charge in [0, 0.05) is 45.7 Å². The van der Waals surface area contributed by atoms with E-state index in [0.717, 1.165) is 57.5 Å². The number of rotatable bonds is 6. The number of likely N-dealkylation sites (N-methyl/N-ethyl adjacent to an activating group) is 1. The molecule has 2 heterocycles. The first-order chi connectivity index (χ1) is 13.4. The molecule has 6 nitrogen and oxygen atoms in total. The highest BCUT2D eigenvalue weighted by Gasteiger charge is 2.30. The van der Waals surface area contributed by atoms with Gasteiger partial charge in [-0.2, -0.15) is 4.31 Å². The summed E-state index contributed by atoms with van der Waals surface area (Å²) < 4.78 is 27.2. The maximum atomic E-state index is 12.8. The molecule has 156 valence electrons. The number of piperazine rings is 1. The Hall–Kier alpha value is -1.44. The van der Waals surface area contributed by atoms with Crippen LogP contribution in [0.25, 0.3) is 0 Å². The van der Waals surface area contributed by atoms with Crippen LogP contribution in [0.2, 0.25) is 0 Å². The minimum absolute atomic E-state index is 0.255. The minimum atomic E-state index is -3.40. The summed E-state index contributed by atoms with van der Waals surface area (Å²) >= 11 is 0. The number of nitrogens with zero attached hydrogens (tertiary/aromatic N) is 3. The van der Waals surface area contributed by atoms with E-state index in [1.807, 2.05) is 24.0 Å². The summed E-state index contributed by atoms with van der Waals surface area (Å²) in [6.07, 6.45) is 3.12. The average Bonchev–Trinajstić information content (AvgIpc) is 2.72. The molecule has 1 amide bonds. The van der Waals surface area contributed by atoms with Crippen molar-refractivity contribution >= 4 is 15.9 Å². The van der Waals surface area contributed by atoms with Crippen molar-refractivity contribution in [3.63, 3.8) is 0 Å². The van der Waals surface area contributed by atoms with Gasteiger partial charge in [-0.05, 0) is 50.8 Å². The van der Waals surface area contributed by atoms with Crippen LogP contribution in [0.15, 0.2) is 29.2 Å². The molecule has 2 aliphatic rings. The molecular formula is C21H33N3O3S. The lowest BCUT2D eigenvalue weighted by atomic mass is 9.93. The summed E-state index contributed by atoms with van der Waals surface area (Å²) in [7, 11) is -3.40. The molecule has 1 aromatic carbocycles. The molecule has 0 saturated carbocycles. The normalized spacial score (nSPS) is 20.4. The fourth-order valence-corrected chi connectivity index (χ4v) is 5.57. The van der Waals surface area contributed by atoms with E-state index in [1.54, 1.807) is 16.4 Å². The maximum absolute atomic E-state index is 12.8. The van der Waals surface area contributed by atoms with E-state index in [1.165, 1.54) is 0 Å². The second kappa shape index (κ2) is 9.37. The Kier molecular flexibility index (Phi) is 7.12. The summed E-state index contributed by atoms with van der Waals surface area (Å²) in [6, 6.07) is 7.05. The zero-order valence-corrected chi connectivity index (χ0v) is 18.0. The second-order valence-corrected chi connectivity index (χ2v) is 9.95. The summed E-state index contributed by atoms with van der Waals surface area (Å²) in [6.45, 7) is 9.85. The largest absolute Gasteiger partial charge is 0.340 e. The minimum Gasteiger partial charge on any atom is -0.340 e. The first kappa shape index (κ1) is 21.3. The number of hydrogen-bond acceptors (Lipinski definition) is 4. The molecule has 7 heteroatoms. The van der Waals surface area contributed by atoms with E-state index in [4.69, 9.17) is 0 Å². The fraction of sp³-hybridized carbons (Fsp3) is 0.667. The standard InChI is InChI=1S/C21H33N3O3S/c1-3-22-14-16-23(17-15-22)21(25)9-6-19-10-12-24(13-11-19)28(26,27)20-7-4-18(2)5-8-20/h4-5,7-8,19H,3,6,9-17H2,1-2H3. The zero-order chi connectivity index (χ0) is 20.1. The molecule has 28 heavy (non-hydrogen) atoms. The van der Waals surface area contributed by atoms with Gasteiger partial charge in [0.15, 0.2) is 0 Å². The quantitative estimate of drug-likeness (QED) is 0.726. The van der Waals surface area contributed by atoms with Gasteiger partial charge in [-0.25, -0.2) is 8.42 Å². The van der Waals surface area contributed by atoms with Gasteiger partial charge in [0.05, 0.1) is 4.90 Å². The van der Waals surface area contributed by atoms with Crippen molar-refractivity contribution in [2.45, 2.75) is 44.4 Å². The third kappa shape index (κ3) is 5.13. The van der Waals surface area contributed by atoms with Crippen LogP contribution >= 0.6 is 0 Å². The molecule has 2 saturated heterocycles. The fourth-order valence-electron chi connectivity index (χ4n) is 4.10. The highest BCUT2D eigenvalue weighted by atomic mass is 32.2. The Balaban J connectivity index is 1.44. The number of aryl methyl sites for hydroxylation is 1. The summed E-state index contributed by atoms with van der Waals surface area (Å²) in [4.78, 5) is 17.2. The lowest BCUT2D eigenvalue weighted by molar-refractivity contribution is -0.133. The van der Waals surface area contributed by atoms with Crippen molar-refractivity contribution in [2.24, 2.45) is 5.92 Å². The van der Waals surface area contributed by atoms with Gasteiger partial charge < -0.3 is 9.80 Å². The van der Waals surface area contributed by atoms with Crippen molar-refractivity contribution in [1.29, 1.82) is 0 Å². The van der Waals surface area contributed by atoms with Crippen LogP contribution < -0.4 is 0 Å². The van der Waals surface area contributed by atoms with Crippen molar-refractivity contribution in [3.8, 4) is 0 Å². The monoisotopic (exact) mass is 407 g/mol. The SMILES string of the molecule is CCN1CCN(C(=O)CCC2CCN(S(=O)(=O)c3ccc(C)cc3)CC2)CC1. The van der Waals surface area contributed by atoms with Crippen molar-refractivity contribution in [2.75, 3.05) is 45.8 Å². The van der Waals surface area contributed by atoms with Crippen LogP contribution in [0.4, 0.5) is 0 Å². The van der Waals surface area contributed by atoms with Crippen molar-refractivity contribution < 1.29 is 13.2 Å². The molecule has 0 aromatic heterocycles. The van der Waals surface area contributed by atoms with Gasteiger partial charge in [0.25, 0.3) is 0 Å². The molecule has 0 aliphatic carbocycles. The zero-order valence-electron chi connectivity index (χ0n) is 17.1. The van der Waals surface area contributed by atoms with E-state index in [0.29, 0.717) is 30.3 Å². The number of hydrogen-bond donors (Lipinski definition) is 0. The first-order valence-corrected chi connectivity index (χ1v) is 11.9. The van der Waals surface area contributed by atoms with E-state index < -0.39 is 10.0 Å². The predicted octanol–water partition coefficient (Wildman–Crippen LogP) is 2.34. The predicted molar refractivity (Wildman–Crippen MR) is 111 cm³/mol. The average molecular weight is 408 g/mol. The molecule has 0 bridgehead atoms. The maximum Gasteiger partial charge on any atom is 0.243 e. The number of carbonyl (C=O) groups excluding carboxylic acids is 1.